The van der Waals surface area contributed by atoms with Crippen molar-refractivity contribution >= 4 is 11.7 Å². The van der Waals surface area contributed by atoms with Crippen LogP contribution in [0.3, 0.4) is 0 Å². The molecular formula is C11H6FN3O2. The second-order valence-corrected chi connectivity index (χ2v) is 2.93. The topological polar surface area (TPSA) is 96.9 Å². The molecule has 0 aliphatic heterocycles. The molecule has 0 saturated heterocycles. The molecule has 0 aliphatic carbocycles. The van der Waals surface area contributed by atoms with Crippen LogP contribution in [0.15, 0.2) is 30.0 Å². The number of hydrogen-bond donors (Lipinski definition) is 2. The molecule has 0 bridgehead atoms. The third kappa shape index (κ3) is 3.05. The number of rotatable bonds is 3. The van der Waals surface area contributed by atoms with E-state index >= 15 is 0 Å². The predicted molar refractivity (Wildman–Crippen MR) is 56.3 cm³/mol. The van der Waals surface area contributed by atoms with Gasteiger partial charge in [0.2, 0.25) is 0 Å². The molecule has 0 radical (unpaired) electrons. The molecule has 0 aromatic heterocycles. The summed E-state index contributed by atoms with van der Waals surface area (Å²) in [5, 5.41) is 27.9. The van der Waals surface area contributed by atoms with Gasteiger partial charge >= 0.3 is 5.97 Å². The molecule has 0 saturated carbocycles. The van der Waals surface area contributed by atoms with Crippen molar-refractivity contribution in [2.24, 2.45) is 0 Å². The van der Waals surface area contributed by atoms with E-state index in [1.165, 1.54) is 12.1 Å². The van der Waals surface area contributed by atoms with Crippen molar-refractivity contribution < 1.29 is 14.3 Å². The standard InChI is InChI=1S/C11H6FN3O2/c12-9-3-8(11(16)17)1-2-10(9)15-6-7(4-13)5-14/h1-3,6,15H,(H,16,17). The van der Waals surface area contributed by atoms with Gasteiger partial charge in [-0.05, 0) is 18.2 Å². The first kappa shape index (κ1) is 12.2. The maximum Gasteiger partial charge on any atom is 0.335 e. The molecule has 17 heavy (non-hydrogen) atoms. The molecule has 0 fully saturated rings. The van der Waals surface area contributed by atoms with Gasteiger partial charge in [0, 0.05) is 6.20 Å². The summed E-state index contributed by atoms with van der Waals surface area (Å²) in [6, 6.07) is 6.45. The molecular weight excluding hydrogens is 225 g/mol. The molecule has 6 heteroatoms. The number of carboxylic acid groups (broad SMARTS) is 1. The van der Waals surface area contributed by atoms with E-state index in [0.717, 1.165) is 12.3 Å². The third-order valence-corrected chi connectivity index (χ3v) is 1.83. The van der Waals surface area contributed by atoms with Crippen LogP contribution in [0.2, 0.25) is 0 Å². The van der Waals surface area contributed by atoms with Crippen molar-refractivity contribution in [1.29, 1.82) is 10.5 Å². The summed E-state index contributed by atoms with van der Waals surface area (Å²) in [7, 11) is 0. The molecule has 0 amide bonds. The number of carbonyl (C=O) groups is 1. The van der Waals surface area contributed by atoms with E-state index in [9.17, 15) is 9.18 Å². The fourth-order valence-electron chi connectivity index (χ4n) is 1.00. The Bertz CT molecular complexity index is 551. The number of nitrogens with one attached hydrogen (secondary N) is 1. The first-order valence-corrected chi connectivity index (χ1v) is 4.38. The Morgan fingerprint density at radius 1 is 1.41 bits per heavy atom. The van der Waals surface area contributed by atoms with Crippen molar-refractivity contribution in [3.05, 3.63) is 41.4 Å². The van der Waals surface area contributed by atoms with Gasteiger partial charge in [-0.15, -0.1) is 0 Å². The van der Waals surface area contributed by atoms with Gasteiger partial charge in [-0.2, -0.15) is 10.5 Å². The summed E-state index contributed by atoms with van der Waals surface area (Å²) >= 11 is 0. The number of halogens is 1. The van der Waals surface area contributed by atoms with Gasteiger partial charge in [0.1, 0.15) is 23.5 Å². The van der Waals surface area contributed by atoms with E-state index in [4.69, 9.17) is 15.6 Å². The molecule has 0 atom stereocenters. The van der Waals surface area contributed by atoms with Crippen LogP contribution in [-0.2, 0) is 0 Å². The van der Waals surface area contributed by atoms with Crippen LogP contribution >= 0.6 is 0 Å². The summed E-state index contributed by atoms with van der Waals surface area (Å²) in [5.74, 6) is -2.02. The van der Waals surface area contributed by atoms with Crippen molar-refractivity contribution in [2.75, 3.05) is 5.32 Å². The molecule has 0 aliphatic rings. The van der Waals surface area contributed by atoms with Crippen molar-refractivity contribution in [1.82, 2.24) is 0 Å². The van der Waals surface area contributed by atoms with E-state index in [1.54, 1.807) is 12.1 Å². The lowest BCUT2D eigenvalue weighted by atomic mass is 10.2. The van der Waals surface area contributed by atoms with Crippen LogP contribution in [0.1, 0.15) is 10.4 Å². The van der Waals surface area contributed by atoms with E-state index in [1.807, 2.05) is 0 Å². The Morgan fingerprint density at radius 2 is 2.06 bits per heavy atom. The van der Waals surface area contributed by atoms with Crippen LogP contribution in [0.25, 0.3) is 0 Å². The zero-order valence-electron chi connectivity index (χ0n) is 8.44. The van der Waals surface area contributed by atoms with E-state index in [-0.39, 0.29) is 16.8 Å². The monoisotopic (exact) mass is 231 g/mol. The maximum atomic E-state index is 13.3. The minimum atomic E-state index is -1.24. The minimum Gasteiger partial charge on any atom is -0.478 e. The van der Waals surface area contributed by atoms with Gasteiger partial charge in [0.15, 0.2) is 0 Å². The summed E-state index contributed by atoms with van der Waals surface area (Å²) < 4.78 is 13.3. The fraction of sp³-hybridized carbons (Fsp3) is 0. The average molecular weight is 231 g/mol. The SMILES string of the molecule is N#CC(C#N)=CNc1ccc(C(=O)O)cc1F. The van der Waals surface area contributed by atoms with Crippen LogP contribution in [0, 0.1) is 28.5 Å². The maximum absolute atomic E-state index is 13.3. The van der Waals surface area contributed by atoms with E-state index < -0.39 is 11.8 Å². The zero-order valence-corrected chi connectivity index (χ0v) is 8.44. The number of benzene rings is 1. The summed E-state index contributed by atoms with van der Waals surface area (Å²) in [5.41, 5.74) is -0.414. The van der Waals surface area contributed by atoms with Gasteiger partial charge in [0.05, 0.1) is 11.3 Å². The van der Waals surface area contributed by atoms with Gasteiger partial charge in [-0.25, -0.2) is 9.18 Å². The molecule has 0 spiro atoms. The number of allylic oxidation sites excluding steroid dienone is 1. The lowest BCUT2D eigenvalue weighted by Gasteiger charge is -2.03. The first-order chi connectivity index (χ1) is 8.08. The normalized spacial score (nSPS) is 8.65. The van der Waals surface area contributed by atoms with Gasteiger partial charge in [0.25, 0.3) is 0 Å². The van der Waals surface area contributed by atoms with Gasteiger partial charge in [-0.1, -0.05) is 0 Å². The van der Waals surface area contributed by atoms with Crippen molar-refractivity contribution in [3.63, 3.8) is 0 Å². The quantitative estimate of drug-likeness (QED) is 0.774. The largest absolute Gasteiger partial charge is 0.478 e. The van der Waals surface area contributed by atoms with Crippen molar-refractivity contribution in [3.8, 4) is 12.1 Å². The number of hydrogen-bond acceptors (Lipinski definition) is 4. The Kier molecular flexibility index (Phi) is 3.80. The fourth-order valence-corrected chi connectivity index (χ4v) is 1.00. The highest BCUT2D eigenvalue weighted by molar-refractivity contribution is 5.88. The predicted octanol–water partition coefficient (Wildman–Crippen LogP) is 1.87. The third-order valence-electron chi connectivity index (χ3n) is 1.83. The Morgan fingerprint density at radius 3 is 2.53 bits per heavy atom. The lowest BCUT2D eigenvalue weighted by molar-refractivity contribution is 0.0696. The van der Waals surface area contributed by atoms with Gasteiger partial charge in [-0.3, -0.25) is 0 Å². The molecule has 1 aromatic rings. The Hall–Kier alpha value is -2.86. The number of anilines is 1. The minimum absolute atomic E-state index is 0.0157. The molecule has 2 N–H and O–H groups in total. The molecule has 0 heterocycles. The second-order valence-electron chi connectivity index (χ2n) is 2.93. The Labute approximate surface area is 96.0 Å². The number of nitriles is 2. The van der Waals surface area contributed by atoms with E-state index in [0.29, 0.717) is 0 Å². The molecule has 84 valence electrons. The smallest absolute Gasteiger partial charge is 0.335 e. The highest BCUT2D eigenvalue weighted by atomic mass is 19.1. The zero-order chi connectivity index (χ0) is 12.8. The summed E-state index contributed by atoms with van der Waals surface area (Å²) in [6.07, 6.45) is 1.04. The Balaban J connectivity index is 2.96. The number of nitrogens with zero attached hydrogens (tertiary/aromatic N) is 2. The summed E-state index contributed by atoms with van der Waals surface area (Å²) in [4.78, 5) is 10.5. The number of aromatic carboxylic acids is 1. The average Bonchev–Trinajstić information content (AvgIpc) is 2.31. The summed E-state index contributed by atoms with van der Waals surface area (Å²) in [6.45, 7) is 0. The van der Waals surface area contributed by atoms with Crippen LogP contribution in [-0.4, -0.2) is 11.1 Å². The van der Waals surface area contributed by atoms with Crippen LogP contribution in [0.4, 0.5) is 10.1 Å². The molecule has 1 aromatic carbocycles. The van der Waals surface area contributed by atoms with Crippen LogP contribution < -0.4 is 5.32 Å². The molecule has 0 unspecified atom stereocenters. The highest BCUT2D eigenvalue weighted by Crippen LogP contribution is 2.16. The van der Waals surface area contributed by atoms with Gasteiger partial charge < -0.3 is 10.4 Å². The highest BCUT2D eigenvalue weighted by Gasteiger charge is 2.07. The van der Waals surface area contributed by atoms with E-state index in [2.05, 4.69) is 5.32 Å². The molecule has 1 rings (SSSR count). The lowest BCUT2D eigenvalue weighted by Crippen LogP contribution is -1.99. The molecule has 5 nitrogen and oxygen atoms in total. The second kappa shape index (κ2) is 5.29. The number of carboxylic acids is 1. The first-order valence-electron chi connectivity index (χ1n) is 4.38. The van der Waals surface area contributed by atoms with Crippen LogP contribution in [0.5, 0.6) is 0 Å². The van der Waals surface area contributed by atoms with Crippen molar-refractivity contribution in [2.45, 2.75) is 0 Å².